The zero-order chi connectivity index (χ0) is 11.8. The van der Waals surface area contributed by atoms with E-state index < -0.39 is 0 Å². The average Bonchev–Trinajstić information content (AvgIpc) is 2.90. The molecule has 88 valence electrons. The first-order valence-electron chi connectivity index (χ1n) is 5.46. The molecule has 0 N–H and O–H groups in total. The predicted molar refractivity (Wildman–Crippen MR) is 64.9 cm³/mol. The van der Waals surface area contributed by atoms with E-state index in [1.54, 1.807) is 12.3 Å². The Kier molecular flexibility index (Phi) is 3.08. The molecule has 1 aromatic rings. The van der Waals surface area contributed by atoms with Gasteiger partial charge in [0.2, 0.25) is 0 Å². The molecule has 1 aromatic heterocycles. The molecule has 0 unspecified atom stereocenters. The third-order valence-electron chi connectivity index (χ3n) is 3.50. The van der Waals surface area contributed by atoms with Crippen LogP contribution in [0.4, 0.5) is 0 Å². The van der Waals surface area contributed by atoms with E-state index in [4.69, 9.17) is 16.3 Å². The molecule has 2 rings (SSSR count). The van der Waals surface area contributed by atoms with Crippen LogP contribution in [0, 0.1) is 5.92 Å². The van der Waals surface area contributed by atoms with Gasteiger partial charge in [0.25, 0.3) is 0 Å². The van der Waals surface area contributed by atoms with Gasteiger partial charge in [-0.05, 0) is 38.6 Å². The standard InChI is InChI=1S/C12H17ClN2O/c1-9-6-12(9,15(2)3)8-16-10-4-5-11(13)14-7-10/h4-5,7,9H,6,8H2,1-3H3/t9-,12+/m1/s1. The molecule has 0 bridgehead atoms. The lowest BCUT2D eigenvalue weighted by atomic mass is 10.2. The van der Waals surface area contributed by atoms with Crippen molar-refractivity contribution in [3.63, 3.8) is 0 Å². The fourth-order valence-electron chi connectivity index (χ4n) is 2.08. The maximum absolute atomic E-state index is 5.76. The van der Waals surface area contributed by atoms with E-state index in [1.165, 1.54) is 6.42 Å². The molecule has 0 saturated heterocycles. The lowest BCUT2D eigenvalue weighted by molar-refractivity contribution is 0.155. The zero-order valence-electron chi connectivity index (χ0n) is 9.90. The van der Waals surface area contributed by atoms with Crippen molar-refractivity contribution in [2.24, 2.45) is 5.92 Å². The fourth-order valence-corrected chi connectivity index (χ4v) is 2.19. The number of nitrogens with zero attached hydrogens (tertiary/aromatic N) is 2. The van der Waals surface area contributed by atoms with Gasteiger partial charge in [-0.15, -0.1) is 0 Å². The minimum atomic E-state index is 0.208. The summed E-state index contributed by atoms with van der Waals surface area (Å²) in [7, 11) is 4.21. The van der Waals surface area contributed by atoms with Crippen molar-refractivity contribution in [1.29, 1.82) is 0 Å². The molecular weight excluding hydrogens is 224 g/mol. The number of likely N-dealkylation sites (N-methyl/N-ethyl adjacent to an activating group) is 1. The Morgan fingerprint density at radius 3 is 2.69 bits per heavy atom. The van der Waals surface area contributed by atoms with Gasteiger partial charge in [0, 0.05) is 0 Å². The van der Waals surface area contributed by atoms with Crippen molar-refractivity contribution in [3.05, 3.63) is 23.5 Å². The van der Waals surface area contributed by atoms with E-state index >= 15 is 0 Å². The summed E-state index contributed by atoms with van der Waals surface area (Å²) in [5.74, 6) is 1.48. The van der Waals surface area contributed by atoms with Crippen LogP contribution in [0.25, 0.3) is 0 Å². The van der Waals surface area contributed by atoms with Crippen LogP contribution in [0.5, 0.6) is 5.75 Å². The summed E-state index contributed by atoms with van der Waals surface area (Å²) in [6.07, 6.45) is 2.86. The molecule has 1 aliphatic rings. The fraction of sp³-hybridized carbons (Fsp3) is 0.583. The molecule has 0 amide bonds. The van der Waals surface area contributed by atoms with Crippen LogP contribution >= 0.6 is 11.6 Å². The normalized spacial score (nSPS) is 28.2. The summed E-state index contributed by atoms with van der Waals surface area (Å²) in [4.78, 5) is 6.24. The number of hydrogen-bond donors (Lipinski definition) is 0. The largest absolute Gasteiger partial charge is 0.490 e. The van der Waals surface area contributed by atoms with Crippen LogP contribution in [0.3, 0.4) is 0 Å². The van der Waals surface area contributed by atoms with Gasteiger partial charge in [0.05, 0.1) is 11.7 Å². The Hall–Kier alpha value is -0.800. The molecule has 3 nitrogen and oxygen atoms in total. The van der Waals surface area contributed by atoms with Gasteiger partial charge in [0.1, 0.15) is 17.5 Å². The Bertz CT molecular complexity index is 366. The third kappa shape index (κ3) is 2.15. The number of hydrogen-bond acceptors (Lipinski definition) is 3. The van der Waals surface area contributed by atoms with Gasteiger partial charge in [-0.2, -0.15) is 0 Å². The van der Waals surface area contributed by atoms with Crippen LogP contribution in [0.15, 0.2) is 18.3 Å². The van der Waals surface area contributed by atoms with E-state index in [-0.39, 0.29) is 5.54 Å². The van der Waals surface area contributed by atoms with Gasteiger partial charge >= 0.3 is 0 Å². The maximum Gasteiger partial charge on any atom is 0.137 e. The summed E-state index contributed by atoms with van der Waals surface area (Å²) in [6, 6.07) is 3.60. The van der Waals surface area contributed by atoms with Crippen LogP contribution in [-0.2, 0) is 0 Å². The minimum absolute atomic E-state index is 0.208. The second-order valence-corrected chi connectivity index (χ2v) is 5.10. The first-order valence-corrected chi connectivity index (χ1v) is 5.84. The van der Waals surface area contributed by atoms with Gasteiger partial charge in [-0.25, -0.2) is 4.98 Å². The van der Waals surface area contributed by atoms with Gasteiger partial charge in [-0.3, -0.25) is 0 Å². The molecule has 0 aliphatic heterocycles. The van der Waals surface area contributed by atoms with E-state index in [0.29, 0.717) is 17.7 Å². The quantitative estimate of drug-likeness (QED) is 0.756. The van der Waals surface area contributed by atoms with Crippen molar-refractivity contribution in [3.8, 4) is 5.75 Å². The molecule has 4 heteroatoms. The van der Waals surface area contributed by atoms with E-state index in [9.17, 15) is 0 Å². The summed E-state index contributed by atoms with van der Waals surface area (Å²) < 4.78 is 5.76. The van der Waals surface area contributed by atoms with Crippen molar-refractivity contribution in [1.82, 2.24) is 9.88 Å². The Morgan fingerprint density at radius 2 is 2.25 bits per heavy atom. The smallest absolute Gasteiger partial charge is 0.137 e. The van der Waals surface area contributed by atoms with Crippen molar-refractivity contribution >= 4 is 11.6 Å². The molecule has 2 atom stereocenters. The highest BCUT2D eigenvalue weighted by Gasteiger charge is 2.53. The SMILES string of the molecule is C[C@@H]1C[C@@]1(COc1ccc(Cl)nc1)N(C)C. The number of pyridine rings is 1. The molecule has 1 saturated carbocycles. The van der Waals surface area contributed by atoms with E-state index in [1.807, 2.05) is 6.07 Å². The van der Waals surface area contributed by atoms with E-state index in [2.05, 4.69) is 30.9 Å². The van der Waals surface area contributed by atoms with Gasteiger partial charge < -0.3 is 9.64 Å². The van der Waals surface area contributed by atoms with E-state index in [0.717, 1.165) is 5.75 Å². The number of rotatable bonds is 4. The molecule has 16 heavy (non-hydrogen) atoms. The monoisotopic (exact) mass is 240 g/mol. The minimum Gasteiger partial charge on any atom is -0.490 e. The van der Waals surface area contributed by atoms with Crippen molar-refractivity contribution < 1.29 is 4.74 Å². The molecule has 1 fully saturated rings. The molecule has 1 heterocycles. The second-order valence-electron chi connectivity index (χ2n) is 4.71. The van der Waals surface area contributed by atoms with Gasteiger partial charge in [0.15, 0.2) is 0 Å². The molecule has 1 aliphatic carbocycles. The Balaban J connectivity index is 1.95. The first-order chi connectivity index (χ1) is 7.54. The van der Waals surface area contributed by atoms with Crippen molar-refractivity contribution in [2.45, 2.75) is 18.9 Å². The molecule has 0 spiro atoms. The maximum atomic E-state index is 5.76. The third-order valence-corrected chi connectivity index (χ3v) is 3.72. The van der Waals surface area contributed by atoms with Gasteiger partial charge in [-0.1, -0.05) is 18.5 Å². The topological polar surface area (TPSA) is 25.4 Å². The lowest BCUT2D eigenvalue weighted by Gasteiger charge is -2.25. The predicted octanol–water partition coefficient (Wildman–Crippen LogP) is 2.45. The molecule has 0 aromatic carbocycles. The average molecular weight is 241 g/mol. The summed E-state index contributed by atoms with van der Waals surface area (Å²) in [5, 5.41) is 0.495. The number of ether oxygens (including phenoxy) is 1. The highest BCUT2D eigenvalue weighted by atomic mass is 35.5. The number of halogens is 1. The van der Waals surface area contributed by atoms with Crippen LogP contribution < -0.4 is 4.74 Å². The second kappa shape index (κ2) is 4.22. The molecule has 0 radical (unpaired) electrons. The first kappa shape index (κ1) is 11.7. The Labute approximate surface area is 101 Å². The highest BCUT2D eigenvalue weighted by Crippen LogP contribution is 2.47. The lowest BCUT2D eigenvalue weighted by Crippen LogP contribution is -2.37. The number of aromatic nitrogens is 1. The summed E-state index contributed by atoms with van der Waals surface area (Å²) in [6.45, 7) is 2.97. The summed E-state index contributed by atoms with van der Waals surface area (Å²) >= 11 is 5.71. The zero-order valence-corrected chi connectivity index (χ0v) is 10.7. The van der Waals surface area contributed by atoms with Crippen LogP contribution in [0.1, 0.15) is 13.3 Å². The van der Waals surface area contributed by atoms with Crippen LogP contribution in [0.2, 0.25) is 5.15 Å². The molecular formula is C12H17ClN2O. The Morgan fingerprint density at radius 1 is 1.56 bits per heavy atom. The van der Waals surface area contributed by atoms with Crippen LogP contribution in [-0.4, -0.2) is 36.1 Å². The summed E-state index contributed by atoms with van der Waals surface area (Å²) in [5.41, 5.74) is 0.208. The van der Waals surface area contributed by atoms with Crippen molar-refractivity contribution in [2.75, 3.05) is 20.7 Å². The highest BCUT2D eigenvalue weighted by molar-refractivity contribution is 6.29.